The van der Waals surface area contributed by atoms with Crippen LogP contribution in [-0.2, 0) is 6.18 Å². The van der Waals surface area contributed by atoms with E-state index >= 15 is 0 Å². The molecule has 0 saturated heterocycles. The molecule has 4 heteroatoms. The molecule has 1 rings (SSSR count). The number of hydrogen-bond donors (Lipinski definition) is 1. The highest BCUT2D eigenvalue weighted by Gasteiger charge is 2.34. The summed E-state index contributed by atoms with van der Waals surface area (Å²) < 4.78 is 38.2. The topological polar surface area (TPSA) is 26.0 Å². The van der Waals surface area contributed by atoms with E-state index in [-0.39, 0.29) is 17.2 Å². The largest absolute Gasteiger partial charge is 0.416 e. The summed E-state index contributed by atoms with van der Waals surface area (Å²) in [6.45, 7) is 3.50. The third kappa shape index (κ3) is 2.78. The molecule has 0 aliphatic rings. The molecule has 0 aliphatic carbocycles. The number of nitrogens with two attached hydrogens (primary N) is 1. The predicted molar refractivity (Wildman–Crippen MR) is 59.1 cm³/mol. The summed E-state index contributed by atoms with van der Waals surface area (Å²) >= 11 is 0. The molecule has 1 aromatic carbocycles. The highest BCUT2D eigenvalue weighted by Crippen LogP contribution is 2.36. The number of anilines is 1. The zero-order chi connectivity index (χ0) is 12.3. The van der Waals surface area contributed by atoms with E-state index in [1.807, 2.05) is 0 Å². The van der Waals surface area contributed by atoms with Crippen LogP contribution in [0.3, 0.4) is 0 Å². The van der Waals surface area contributed by atoms with Gasteiger partial charge in [-0.25, -0.2) is 0 Å². The zero-order valence-electron chi connectivity index (χ0n) is 9.18. The van der Waals surface area contributed by atoms with Gasteiger partial charge in [-0.15, -0.1) is 0 Å². The maximum Gasteiger partial charge on any atom is 0.416 e. The maximum absolute atomic E-state index is 12.7. The Morgan fingerprint density at radius 2 is 1.94 bits per heavy atom. The van der Waals surface area contributed by atoms with Crippen molar-refractivity contribution in [1.82, 2.24) is 0 Å². The number of halogens is 3. The summed E-state index contributed by atoms with van der Waals surface area (Å²) in [6.07, 6.45) is -0.900. The Balaban J connectivity index is 3.28. The molecule has 0 heterocycles. The molecule has 0 aromatic heterocycles. The standard InChI is InChI=1S/C12H14F3N/c1-3-4-8(2)10-6-5-9(16)7-11(10)12(13,14)15/h3-8H,16H2,1-2H3. The van der Waals surface area contributed by atoms with Crippen LogP contribution in [0.4, 0.5) is 18.9 Å². The molecule has 2 N–H and O–H groups in total. The fourth-order valence-corrected chi connectivity index (χ4v) is 1.61. The van der Waals surface area contributed by atoms with Crippen LogP contribution in [0.1, 0.15) is 30.9 Å². The third-order valence-electron chi connectivity index (χ3n) is 2.35. The van der Waals surface area contributed by atoms with Gasteiger partial charge in [0.15, 0.2) is 0 Å². The minimum Gasteiger partial charge on any atom is -0.399 e. The number of alkyl halides is 3. The van der Waals surface area contributed by atoms with Crippen LogP contribution in [0, 0.1) is 0 Å². The second kappa shape index (κ2) is 4.60. The highest BCUT2D eigenvalue weighted by molar-refractivity contribution is 5.47. The second-order valence-corrected chi connectivity index (χ2v) is 3.66. The summed E-state index contributed by atoms with van der Waals surface area (Å²) in [5.74, 6) is -0.276. The lowest BCUT2D eigenvalue weighted by Gasteiger charge is -2.16. The van der Waals surface area contributed by atoms with Crippen molar-refractivity contribution in [2.24, 2.45) is 0 Å². The van der Waals surface area contributed by atoms with Crippen molar-refractivity contribution in [3.63, 3.8) is 0 Å². The average molecular weight is 229 g/mol. The molecule has 16 heavy (non-hydrogen) atoms. The average Bonchev–Trinajstić information content (AvgIpc) is 2.16. The fraction of sp³-hybridized carbons (Fsp3) is 0.333. The van der Waals surface area contributed by atoms with Gasteiger partial charge in [0.1, 0.15) is 0 Å². The van der Waals surface area contributed by atoms with Crippen molar-refractivity contribution in [2.45, 2.75) is 25.9 Å². The van der Waals surface area contributed by atoms with Crippen LogP contribution >= 0.6 is 0 Å². The molecule has 0 amide bonds. The van der Waals surface area contributed by atoms with Crippen molar-refractivity contribution < 1.29 is 13.2 Å². The normalized spacial score (nSPS) is 14.3. The van der Waals surface area contributed by atoms with E-state index in [1.165, 1.54) is 12.1 Å². The quantitative estimate of drug-likeness (QED) is 0.602. The molecule has 1 unspecified atom stereocenters. The maximum atomic E-state index is 12.7. The molecule has 0 radical (unpaired) electrons. The lowest BCUT2D eigenvalue weighted by atomic mass is 9.94. The van der Waals surface area contributed by atoms with Gasteiger partial charge in [0.05, 0.1) is 5.56 Å². The second-order valence-electron chi connectivity index (χ2n) is 3.66. The molecule has 0 aliphatic heterocycles. The monoisotopic (exact) mass is 229 g/mol. The third-order valence-corrected chi connectivity index (χ3v) is 2.35. The molecular weight excluding hydrogens is 215 g/mol. The summed E-state index contributed by atoms with van der Waals surface area (Å²) in [4.78, 5) is 0. The van der Waals surface area contributed by atoms with E-state index in [0.717, 1.165) is 6.07 Å². The van der Waals surface area contributed by atoms with E-state index in [4.69, 9.17) is 5.73 Å². The van der Waals surface area contributed by atoms with Gasteiger partial charge in [0.2, 0.25) is 0 Å². The van der Waals surface area contributed by atoms with Crippen LogP contribution in [-0.4, -0.2) is 0 Å². The molecule has 0 saturated carbocycles. The van der Waals surface area contributed by atoms with E-state index < -0.39 is 11.7 Å². The van der Waals surface area contributed by atoms with E-state index in [9.17, 15) is 13.2 Å². The SMILES string of the molecule is CC=CC(C)c1ccc(N)cc1C(F)(F)F. The first-order valence-corrected chi connectivity index (χ1v) is 4.95. The van der Waals surface area contributed by atoms with Gasteiger partial charge >= 0.3 is 6.18 Å². The molecule has 1 nitrogen and oxygen atoms in total. The minimum atomic E-state index is -4.36. The lowest BCUT2D eigenvalue weighted by Crippen LogP contribution is -2.11. The van der Waals surface area contributed by atoms with Gasteiger partial charge < -0.3 is 5.73 Å². The molecule has 0 bridgehead atoms. The smallest absolute Gasteiger partial charge is 0.399 e. The Labute approximate surface area is 92.8 Å². The number of hydrogen-bond acceptors (Lipinski definition) is 1. The molecule has 88 valence electrons. The molecule has 0 fully saturated rings. The lowest BCUT2D eigenvalue weighted by molar-refractivity contribution is -0.138. The number of rotatable bonds is 2. The van der Waals surface area contributed by atoms with Gasteiger partial charge in [-0.1, -0.05) is 25.1 Å². The van der Waals surface area contributed by atoms with Crippen molar-refractivity contribution in [1.29, 1.82) is 0 Å². The van der Waals surface area contributed by atoms with E-state index in [0.29, 0.717) is 0 Å². The van der Waals surface area contributed by atoms with Crippen molar-refractivity contribution >= 4 is 5.69 Å². The number of allylic oxidation sites excluding steroid dienone is 2. The van der Waals surface area contributed by atoms with Gasteiger partial charge in [-0.2, -0.15) is 13.2 Å². The van der Waals surface area contributed by atoms with Crippen molar-refractivity contribution in [2.75, 3.05) is 5.73 Å². The Bertz CT molecular complexity index is 394. The zero-order valence-corrected chi connectivity index (χ0v) is 9.18. The summed E-state index contributed by atoms with van der Waals surface area (Å²) in [7, 11) is 0. The Kier molecular flexibility index (Phi) is 3.62. The van der Waals surface area contributed by atoms with Crippen LogP contribution in [0.25, 0.3) is 0 Å². The van der Waals surface area contributed by atoms with Crippen LogP contribution in [0.2, 0.25) is 0 Å². The molecule has 1 atom stereocenters. The summed E-state index contributed by atoms with van der Waals surface area (Å²) in [5.41, 5.74) is 5.10. The number of benzene rings is 1. The van der Waals surface area contributed by atoms with Crippen molar-refractivity contribution in [3.05, 3.63) is 41.5 Å². The number of nitrogen functional groups attached to an aromatic ring is 1. The van der Waals surface area contributed by atoms with E-state index in [1.54, 1.807) is 26.0 Å². The highest BCUT2D eigenvalue weighted by atomic mass is 19.4. The minimum absolute atomic E-state index is 0.128. The first-order chi connectivity index (χ1) is 7.36. The van der Waals surface area contributed by atoms with Gasteiger partial charge in [-0.05, 0) is 30.5 Å². The first-order valence-electron chi connectivity index (χ1n) is 4.95. The van der Waals surface area contributed by atoms with Gasteiger partial charge in [0, 0.05) is 5.69 Å². The fourth-order valence-electron chi connectivity index (χ4n) is 1.61. The summed E-state index contributed by atoms with van der Waals surface area (Å²) in [5, 5.41) is 0. The Morgan fingerprint density at radius 3 is 2.44 bits per heavy atom. The predicted octanol–water partition coefficient (Wildman–Crippen LogP) is 3.97. The van der Waals surface area contributed by atoms with Crippen LogP contribution in [0.5, 0.6) is 0 Å². The van der Waals surface area contributed by atoms with Crippen LogP contribution in [0.15, 0.2) is 30.4 Å². The Morgan fingerprint density at radius 1 is 1.31 bits per heavy atom. The van der Waals surface area contributed by atoms with Crippen molar-refractivity contribution in [3.8, 4) is 0 Å². The first kappa shape index (κ1) is 12.6. The molecular formula is C12H14F3N. The van der Waals surface area contributed by atoms with Gasteiger partial charge in [0.25, 0.3) is 0 Å². The molecule has 1 aromatic rings. The van der Waals surface area contributed by atoms with Crippen LogP contribution < -0.4 is 5.73 Å². The molecule has 0 spiro atoms. The summed E-state index contributed by atoms with van der Waals surface area (Å²) in [6, 6.07) is 3.91. The van der Waals surface area contributed by atoms with E-state index in [2.05, 4.69) is 0 Å². The van der Waals surface area contributed by atoms with Gasteiger partial charge in [-0.3, -0.25) is 0 Å². The Hall–Kier alpha value is -1.45.